The third-order valence-electron chi connectivity index (χ3n) is 6.61. The molecule has 7 heteroatoms. The van der Waals surface area contributed by atoms with Gasteiger partial charge >= 0.3 is 0 Å². The van der Waals surface area contributed by atoms with Crippen molar-refractivity contribution in [1.29, 1.82) is 0 Å². The monoisotopic (exact) mass is 487 g/mol. The van der Waals surface area contributed by atoms with Gasteiger partial charge in [0.2, 0.25) is 0 Å². The number of carbonyl (C=O) groups is 1. The Balaban J connectivity index is 2.13. The highest BCUT2D eigenvalue weighted by Crippen LogP contribution is 2.46. The molecule has 7 nitrogen and oxygen atoms in total. The summed E-state index contributed by atoms with van der Waals surface area (Å²) in [6, 6.07) is 7.62. The molecule has 1 aromatic carbocycles. The third-order valence-corrected chi connectivity index (χ3v) is 6.61. The molecule has 1 saturated carbocycles. The SMILES string of the molecule is C=CN=C(N)c1c(C(=O)Nc2ccc(COC)cc2)c(C#CCC(NC)C(=C)C)n(C2(C)CC2)c1C. The van der Waals surface area contributed by atoms with E-state index in [0.717, 1.165) is 29.7 Å². The molecular weight excluding hydrogens is 450 g/mol. The second-order valence-electron chi connectivity index (χ2n) is 9.49. The number of methoxy groups -OCH3 is 1. The van der Waals surface area contributed by atoms with Crippen molar-refractivity contribution >= 4 is 17.4 Å². The molecule has 36 heavy (non-hydrogen) atoms. The largest absolute Gasteiger partial charge is 0.383 e. The van der Waals surface area contributed by atoms with E-state index in [2.05, 4.69) is 52.1 Å². The molecule has 1 aliphatic rings. The maximum Gasteiger partial charge on any atom is 0.259 e. The number of carbonyl (C=O) groups excluding carboxylic acids is 1. The number of rotatable bonds is 10. The number of benzene rings is 1. The highest BCUT2D eigenvalue weighted by Gasteiger charge is 2.44. The maximum absolute atomic E-state index is 13.8. The van der Waals surface area contributed by atoms with Crippen LogP contribution in [0.4, 0.5) is 5.69 Å². The molecular formula is C29H37N5O2. The molecule has 0 aliphatic heterocycles. The van der Waals surface area contributed by atoms with E-state index in [9.17, 15) is 4.79 Å². The standard InChI is InChI=1S/C29H37N5O2/c1-8-32-27(30)25-20(4)34(29(5)16-17-29)24(11-9-10-23(31-6)19(2)3)26(25)28(35)33-22-14-12-21(13-15-22)18-36-7/h8,12-15,23,31H,1-2,10,16-18H2,3-7H3,(H2,30,32)(H,33,35). The van der Waals surface area contributed by atoms with E-state index >= 15 is 0 Å². The van der Waals surface area contributed by atoms with E-state index in [0.29, 0.717) is 35.5 Å². The van der Waals surface area contributed by atoms with E-state index in [1.54, 1.807) is 7.11 Å². The first-order chi connectivity index (χ1) is 17.2. The minimum absolute atomic E-state index is 0.0632. The van der Waals surface area contributed by atoms with Gasteiger partial charge in [-0.15, -0.1) is 0 Å². The average Bonchev–Trinajstić information content (AvgIpc) is 3.49. The molecule has 1 fully saturated rings. The molecule has 1 heterocycles. The van der Waals surface area contributed by atoms with Crippen LogP contribution in [0.15, 0.2) is 54.2 Å². The first-order valence-electron chi connectivity index (χ1n) is 12.1. The highest BCUT2D eigenvalue weighted by atomic mass is 16.5. The number of nitrogens with one attached hydrogen (secondary N) is 2. The Bertz CT molecular complexity index is 1240. The molecule has 0 bridgehead atoms. The van der Waals surface area contributed by atoms with Crippen LogP contribution in [0.3, 0.4) is 0 Å². The third kappa shape index (κ3) is 5.78. The second-order valence-corrected chi connectivity index (χ2v) is 9.49. The van der Waals surface area contributed by atoms with E-state index < -0.39 is 0 Å². The van der Waals surface area contributed by atoms with Gasteiger partial charge in [-0.05, 0) is 64.3 Å². The topological polar surface area (TPSA) is 93.7 Å². The number of amides is 1. The van der Waals surface area contributed by atoms with Crippen molar-refractivity contribution in [2.24, 2.45) is 10.7 Å². The van der Waals surface area contributed by atoms with Gasteiger partial charge in [0, 0.05) is 42.7 Å². The van der Waals surface area contributed by atoms with Crippen LogP contribution in [-0.4, -0.2) is 36.5 Å². The molecule has 0 spiro atoms. The lowest BCUT2D eigenvalue weighted by molar-refractivity contribution is 0.102. The number of amidine groups is 1. The van der Waals surface area contributed by atoms with Crippen LogP contribution < -0.4 is 16.4 Å². The van der Waals surface area contributed by atoms with Gasteiger partial charge in [0.25, 0.3) is 5.91 Å². The van der Waals surface area contributed by atoms with Crippen molar-refractivity contribution in [2.45, 2.75) is 58.2 Å². The molecule has 0 saturated heterocycles. The van der Waals surface area contributed by atoms with Crippen LogP contribution in [0.25, 0.3) is 0 Å². The lowest BCUT2D eigenvalue weighted by Gasteiger charge is -2.17. The minimum Gasteiger partial charge on any atom is -0.383 e. The predicted octanol–water partition coefficient (Wildman–Crippen LogP) is 4.46. The van der Waals surface area contributed by atoms with Gasteiger partial charge in [-0.25, -0.2) is 4.99 Å². The summed E-state index contributed by atoms with van der Waals surface area (Å²) in [7, 11) is 3.54. The highest BCUT2D eigenvalue weighted by molar-refractivity contribution is 6.15. The molecule has 190 valence electrons. The number of anilines is 1. The number of hydrogen-bond acceptors (Lipinski definition) is 4. The number of likely N-dealkylation sites (N-methyl/N-ethyl adjacent to an activating group) is 1. The molecule has 0 radical (unpaired) electrons. The summed E-state index contributed by atoms with van der Waals surface area (Å²) in [5.74, 6) is 6.55. The zero-order valence-corrected chi connectivity index (χ0v) is 22.0. The van der Waals surface area contributed by atoms with E-state index in [1.165, 1.54) is 6.20 Å². The van der Waals surface area contributed by atoms with Gasteiger partial charge < -0.3 is 25.7 Å². The van der Waals surface area contributed by atoms with Crippen LogP contribution in [0.1, 0.15) is 66.0 Å². The molecule has 4 N–H and O–H groups in total. The zero-order chi connectivity index (χ0) is 26.5. The van der Waals surface area contributed by atoms with Crippen molar-refractivity contribution in [3.8, 4) is 11.8 Å². The number of nitrogens with two attached hydrogens (primary N) is 1. The molecule has 1 unspecified atom stereocenters. The molecule has 3 rings (SSSR count). The zero-order valence-electron chi connectivity index (χ0n) is 22.0. The quantitative estimate of drug-likeness (QED) is 0.200. The molecule has 1 aromatic heterocycles. The molecule has 1 aliphatic carbocycles. The predicted molar refractivity (Wildman–Crippen MR) is 147 cm³/mol. The first-order valence-corrected chi connectivity index (χ1v) is 12.1. The normalized spacial score (nSPS) is 15.0. The van der Waals surface area contributed by atoms with Gasteiger partial charge in [-0.1, -0.05) is 36.8 Å². The Morgan fingerprint density at radius 1 is 1.33 bits per heavy atom. The molecule has 2 aromatic rings. The lowest BCUT2D eigenvalue weighted by Crippen LogP contribution is -2.25. The minimum atomic E-state index is -0.285. The van der Waals surface area contributed by atoms with Gasteiger partial charge in [0.1, 0.15) is 11.5 Å². The van der Waals surface area contributed by atoms with Gasteiger partial charge in [-0.3, -0.25) is 4.79 Å². The summed E-state index contributed by atoms with van der Waals surface area (Å²) >= 11 is 0. The van der Waals surface area contributed by atoms with Gasteiger partial charge in [0.15, 0.2) is 0 Å². The van der Waals surface area contributed by atoms with Gasteiger partial charge in [-0.2, -0.15) is 0 Å². The van der Waals surface area contributed by atoms with Crippen molar-refractivity contribution in [2.75, 3.05) is 19.5 Å². The summed E-state index contributed by atoms with van der Waals surface area (Å²) in [4.78, 5) is 18.0. The fourth-order valence-electron chi connectivity index (χ4n) is 4.39. The van der Waals surface area contributed by atoms with Crippen LogP contribution in [0, 0.1) is 18.8 Å². The van der Waals surface area contributed by atoms with Crippen LogP contribution in [0.2, 0.25) is 0 Å². The fourth-order valence-corrected chi connectivity index (χ4v) is 4.39. The lowest BCUT2D eigenvalue weighted by atomic mass is 10.1. The van der Waals surface area contributed by atoms with Crippen molar-refractivity contribution in [1.82, 2.24) is 9.88 Å². The van der Waals surface area contributed by atoms with Crippen molar-refractivity contribution < 1.29 is 9.53 Å². The molecule has 1 amide bonds. The Labute approximate surface area is 214 Å². The van der Waals surface area contributed by atoms with Gasteiger partial charge in [0.05, 0.1) is 17.7 Å². The summed E-state index contributed by atoms with van der Waals surface area (Å²) in [5.41, 5.74) is 11.5. The summed E-state index contributed by atoms with van der Waals surface area (Å²) in [6.07, 6.45) is 3.96. The smallest absolute Gasteiger partial charge is 0.259 e. The van der Waals surface area contributed by atoms with Crippen molar-refractivity contribution in [3.63, 3.8) is 0 Å². The number of aliphatic imine (C=N–C) groups is 1. The van der Waals surface area contributed by atoms with Crippen LogP contribution in [0.5, 0.6) is 0 Å². The fraction of sp³-hybridized carbons (Fsp3) is 0.379. The summed E-state index contributed by atoms with van der Waals surface area (Å²) < 4.78 is 7.34. The van der Waals surface area contributed by atoms with E-state index in [1.807, 2.05) is 45.2 Å². The Hall–Kier alpha value is -3.60. The number of nitrogens with zero attached hydrogens (tertiary/aromatic N) is 2. The number of aromatic nitrogens is 1. The second kappa shape index (κ2) is 11.4. The van der Waals surface area contributed by atoms with Crippen molar-refractivity contribution in [3.05, 3.63) is 77.3 Å². The first kappa shape index (κ1) is 27.0. The number of ether oxygens (including phenoxy) is 1. The van der Waals surface area contributed by atoms with E-state index in [4.69, 9.17) is 10.5 Å². The van der Waals surface area contributed by atoms with E-state index in [-0.39, 0.29) is 23.3 Å². The van der Waals surface area contributed by atoms with Crippen LogP contribution in [-0.2, 0) is 16.9 Å². The Morgan fingerprint density at radius 2 is 2.00 bits per heavy atom. The average molecular weight is 488 g/mol. The Morgan fingerprint density at radius 3 is 2.53 bits per heavy atom. The number of hydrogen-bond donors (Lipinski definition) is 3. The summed E-state index contributed by atoms with van der Waals surface area (Å²) in [5, 5.41) is 6.26. The molecule has 1 atom stereocenters. The van der Waals surface area contributed by atoms with Crippen LogP contribution >= 0.6 is 0 Å². The Kier molecular flexibility index (Phi) is 8.57. The summed E-state index contributed by atoms with van der Waals surface area (Å²) in [6.45, 7) is 14.3. The maximum atomic E-state index is 13.8.